The lowest BCUT2D eigenvalue weighted by atomic mass is 10.1. The first-order valence-corrected chi connectivity index (χ1v) is 7.41. The van der Waals surface area contributed by atoms with Crippen molar-refractivity contribution in [2.45, 2.75) is 40.0 Å². The summed E-state index contributed by atoms with van der Waals surface area (Å²) in [6.07, 6.45) is 1.64. The maximum atomic E-state index is 5.69. The number of nitrogens with two attached hydrogens (primary N) is 1. The first-order chi connectivity index (χ1) is 10.1. The minimum atomic E-state index is 0.567. The number of rotatable bonds is 7. The second-order valence-electron chi connectivity index (χ2n) is 5.95. The van der Waals surface area contributed by atoms with Gasteiger partial charge < -0.3 is 5.73 Å². The molecular formula is C16H25N5. The highest BCUT2D eigenvalue weighted by molar-refractivity contribution is 5.23. The lowest BCUT2D eigenvalue weighted by molar-refractivity contribution is 0.298. The highest BCUT2D eigenvalue weighted by Crippen LogP contribution is 2.10. The van der Waals surface area contributed by atoms with Gasteiger partial charge in [-0.15, -0.1) is 0 Å². The molecule has 5 nitrogen and oxygen atoms in total. The van der Waals surface area contributed by atoms with E-state index in [2.05, 4.69) is 60.1 Å². The van der Waals surface area contributed by atoms with Crippen LogP contribution in [-0.2, 0) is 26.2 Å². The second-order valence-corrected chi connectivity index (χ2v) is 5.95. The minimum absolute atomic E-state index is 0.567. The summed E-state index contributed by atoms with van der Waals surface area (Å²) in [5, 5.41) is 4.31. The van der Waals surface area contributed by atoms with Crippen LogP contribution in [0.2, 0.25) is 0 Å². The Bertz CT molecular complexity index is 561. The van der Waals surface area contributed by atoms with Crippen LogP contribution in [0.3, 0.4) is 0 Å². The fourth-order valence-electron chi connectivity index (χ4n) is 2.37. The van der Waals surface area contributed by atoms with Gasteiger partial charge in [0.15, 0.2) is 0 Å². The summed E-state index contributed by atoms with van der Waals surface area (Å²) in [6, 6.07) is 8.42. The molecule has 2 aromatic rings. The molecule has 1 aromatic heterocycles. The normalized spacial score (nSPS) is 11.5. The van der Waals surface area contributed by atoms with Gasteiger partial charge in [0.25, 0.3) is 0 Å². The molecule has 0 atom stereocenters. The maximum absolute atomic E-state index is 5.69. The molecule has 1 aromatic carbocycles. The highest BCUT2D eigenvalue weighted by Gasteiger charge is 2.09. The van der Waals surface area contributed by atoms with Gasteiger partial charge in [-0.2, -0.15) is 5.10 Å². The van der Waals surface area contributed by atoms with Crippen LogP contribution >= 0.6 is 0 Å². The van der Waals surface area contributed by atoms with E-state index in [9.17, 15) is 0 Å². The minimum Gasteiger partial charge on any atom is -0.326 e. The second kappa shape index (κ2) is 7.33. The molecule has 0 aliphatic heterocycles. The van der Waals surface area contributed by atoms with Gasteiger partial charge in [0.2, 0.25) is 0 Å². The molecule has 0 saturated carbocycles. The number of benzene rings is 1. The van der Waals surface area contributed by atoms with E-state index in [0.29, 0.717) is 12.5 Å². The topological polar surface area (TPSA) is 60.0 Å². The van der Waals surface area contributed by atoms with E-state index in [4.69, 9.17) is 5.73 Å². The molecule has 2 rings (SSSR count). The molecule has 5 heteroatoms. The Hall–Kier alpha value is -1.72. The number of hydrogen-bond donors (Lipinski definition) is 1. The van der Waals surface area contributed by atoms with Gasteiger partial charge in [0, 0.05) is 19.6 Å². The van der Waals surface area contributed by atoms with Gasteiger partial charge in [0.1, 0.15) is 12.2 Å². The van der Waals surface area contributed by atoms with Crippen LogP contribution in [0.25, 0.3) is 0 Å². The Kier molecular flexibility index (Phi) is 5.47. The van der Waals surface area contributed by atoms with Crippen LogP contribution in [-0.4, -0.2) is 26.7 Å². The summed E-state index contributed by atoms with van der Waals surface area (Å²) >= 11 is 0. The van der Waals surface area contributed by atoms with E-state index < -0.39 is 0 Å². The van der Waals surface area contributed by atoms with E-state index in [1.165, 1.54) is 11.1 Å². The van der Waals surface area contributed by atoms with Crippen molar-refractivity contribution in [1.82, 2.24) is 19.7 Å². The van der Waals surface area contributed by atoms with Crippen LogP contribution in [0.15, 0.2) is 30.6 Å². The van der Waals surface area contributed by atoms with Gasteiger partial charge in [0.05, 0.1) is 6.54 Å². The van der Waals surface area contributed by atoms with Crippen molar-refractivity contribution < 1.29 is 0 Å². The van der Waals surface area contributed by atoms with Crippen LogP contribution in [0.5, 0.6) is 0 Å². The third-order valence-corrected chi connectivity index (χ3v) is 3.32. The van der Waals surface area contributed by atoms with Gasteiger partial charge in [-0.05, 0) is 24.1 Å². The molecule has 0 spiro atoms. The number of nitrogens with zero attached hydrogens (tertiary/aromatic N) is 4. The summed E-state index contributed by atoms with van der Waals surface area (Å²) in [6.45, 7) is 7.54. The molecule has 2 N–H and O–H groups in total. The molecule has 0 fully saturated rings. The predicted molar refractivity (Wildman–Crippen MR) is 84.4 cm³/mol. The molecule has 0 amide bonds. The zero-order valence-corrected chi connectivity index (χ0v) is 13.2. The van der Waals surface area contributed by atoms with E-state index in [1.54, 1.807) is 6.33 Å². The van der Waals surface area contributed by atoms with E-state index in [0.717, 1.165) is 25.5 Å². The summed E-state index contributed by atoms with van der Waals surface area (Å²) in [7, 11) is 2.10. The number of hydrogen-bond acceptors (Lipinski definition) is 4. The Morgan fingerprint density at radius 2 is 2.00 bits per heavy atom. The Labute approximate surface area is 126 Å². The van der Waals surface area contributed by atoms with Gasteiger partial charge in [-0.25, -0.2) is 9.67 Å². The van der Waals surface area contributed by atoms with Gasteiger partial charge in [-0.3, -0.25) is 4.90 Å². The molecule has 0 aliphatic carbocycles. The first kappa shape index (κ1) is 15.7. The van der Waals surface area contributed by atoms with Crippen LogP contribution in [0, 0.1) is 5.92 Å². The standard InChI is InChI=1S/C16H25N5/c1-13(2)9-21-16(18-12-19-21)11-20(3)10-15-6-4-5-14(7-15)8-17/h4-7,12-13H,8-11,17H2,1-3H3. The highest BCUT2D eigenvalue weighted by atomic mass is 15.3. The Balaban J connectivity index is 1.98. The molecule has 21 heavy (non-hydrogen) atoms. The van der Waals surface area contributed by atoms with Crippen LogP contribution < -0.4 is 5.73 Å². The third kappa shape index (κ3) is 4.65. The van der Waals surface area contributed by atoms with Gasteiger partial charge in [-0.1, -0.05) is 38.1 Å². The van der Waals surface area contributed by atoms with Crippen molar-refractivity contribution in [2.75, 3.05) is 7.05 Å². The molecule has 1 heterocycles. The van der Waals surface area contributed by atoms with E-state index >= 15 is 0 Å². The molecular weight excluding hydrogens is 262 g/mol. The lowest BCUT2D eigenvalue weighted by Gasteiger charge is -2.17. The van der Waals surface area contributed by atoms with E-state index in [1.807, 2.05) is 4.68 Å². The van der Waals surface area contributed by atoms with Crippen molar-refractivity contribution in [3.63, 3.8) is 0 Å². The average molecular weight is 287 g/mol. The molecule has 0 aliphatic rings. The summed E-state index contributed by atoms with van der Waals surface area (Å²) in [4.78, 5) is 6.62. The summed E-state index contributed by atoms with van der Waals surface area (Å²) in [5.41, 5.74) is 8.13. The van der Waals surface area contributed by atoms with Crippen molar-refractivity contribution in [3.05, 3.63) is 47.5 Å². The number of aromatic nitrogens is 3. The fourth-order valence-corrected chi connectivity index (χ4v) is 2.37. The largest absolute Gasteiger partial charge is 0.326 e. The van der Waals surface area contributed by atoms with Crippen molar-refractivity contribution in [3.8, 4) is 0 Å². The molecule has 0 saturated heterocycles. The molecule has 0 bridgehead atoms. The zero-order chi connectivity index (χ0) is 15.2. The Morgan fingerprint density at radius 3 is 2.71 bits per heavy atom. The van der Waals surface area contributed by atoms with Crippen LogP contribution in [0.4, 0.5) is 0 Å². The molecule has 114 valence electrons. The van der Waals surface area contributed by atoms with Crippen molar-refractivity contribution in [2.24, 2.45) is 11.7 Å². The van der Waals surface area contributed by atoms with Crippen molar-refractivity contribution in [1.29, 1.82) is 0 Å². The SMILES string of the molecule is CC(C)Cn1ncnc1CN(C)Cc1cccc(CN)c1. The van der Waals surface area contributed by atoms with Crippen LogP contribution in [0.1, 0.15) is 30.8 Å². The average Bonchev–Trinajstić information content (AvgIpc) is 2.85. The monoisotopic (exact) mass is 287 g/mol. The maximum Gasteiger partial charge on any atom is 0.141 e. The fraction of sp³-hybridized carbons (Fsp3) is 0.500. The smallest absolute Gasteiger partial charge is 0.141 e. The summed E-state index contributed by atoms with van der Waals surface area (Å²) < 4.78 is 2.00. The third-order valence-electron chi connectivity index (χ3n) is 3.32. The lowest BCUT2D eigenvalue weighted by Crippen LogP contribution is -2.21. The quantitative estimate of drug-likeness (QED) is 0.846. The summed E-state index contributed by atoms with van der Waals surface area (Å²) in [5.74, 6) is 1.58. The zero-order valence-electron chi connectivity index (χ0n) is 13.2. The Morgan fingerprint density at radius 1 is 1.24 bits per heavy atom. The predicted octanol–water partition coefficient (Wildman–Crippen LogP) is 2.02. The molecule has 0 unspecified atom stereocenters. The molecule has 0 radical (unpaired) electrons. The first-order valence-electron chi connectivity index (χ1n) is 7.41. The van der Waals surface area contributed by atoms with E-state index in [-0.39, 0.29) is 0 Å². The van der Waals surface area contributed by atoms with Gasteiger partial charge >= 0.3 is 0 Å². The van der Waals surface area contributed by atoms with Crippen molar-refractivity contribution >= 4 is 0 Å².